The van der Waals surface area contributed by atoms with Crippen LogP contribution in [0, 0.1) is 6.92 Å². The number of ether oxygens (including phenoxy) is 1. The topological polar surface area (TPSA) is 34.0 Å². The van der Waals surface area contributed by atoms with Crippen molar-refractivity contribution in [2.45, 2.75) is 13.8 Å². The van der Waals surface area contributed by atoms with Gasteiger partial charge in [0.1, 0.15) is 5.75 Å². The number of nitrogens with zero attached hydrogens (tertiary/aromatic N) is 2. The van der Waals surface area contributed by atoms with Crippen molar-refractivity contribution in [3.63, 3.8) is 0 Å². The fraction of sp³-hybridized carbons (Fsp3) is 0.200. The number of aryl methyl sites for hydroxylation is 1. The van der Waals surface area contributed by atoms with Crippen LogP contribution in [0.2, 0.25) is 0 Å². The maximum absolute atomic E-state index is 5.36. The Kier molecular flexibility index (Phi) is 4.07. The summed E-state index contributed by atoms with van der Waals surface area (Å²) in [6.07, 6.45) is 0. The van der Waals surface area contributed by atoms with Gasteiger partial charge in [0.25, 0.3) is 0 Å². The molecule has 0 aliphatic rings. The molecule has 0 amide bonds. The molecule has 18 heavy (non-hydrogen) atoms. The smallest absolute Gasteiger partial charge is 0.119 e. The molecule has 3 nitrogen and oxygen atoms in total. The molecule has 0 heterocycles. The summed E-state index contributed by atoms with van der Waals surface area (Å²) in [6.45, 7) is 4.68. The Labute approximate surface area is 107 Å². The molecule has 0 saturated carbocycles. The Morgan fingerprint density at radius 1 is 0.833 bits per heavy atom. The first-order valence-electron chi connectivity index (χ1n) is 5.99. The molecule has 2 aromatic rings. The maximum atomic E-state index is 5.36. The predicted molar refractivity (Wildman–Crippen MR) is 73.0 cm³/mol. The Morgan fingerprint density at radius 2 is 1.33 bits per heavy atom. The van der Waals surface area contributed by atoms with E-state index < -0.39 is 0 Å². The zero-order valence-corrected chi connectivity index (χ0v) is 10.6. The lowest BCUT2D eigenvalue weighted by Crippen LogP contribution is -1.89. The minimum absolute atomic E-state index is 0.671. The number of hydrogen-bond acceptors (Lipinski definition) is 3. The van der Waals surface area contributed by atoms with E-state index >= 15 is 0 Å². The zero-order chi connectivity index (χ0) is 12.8. The quantitative estimate of drug-likeness (QED) is 0.706. The third kappa shape index (κ3) is 3.42. The Bertz CT molecular complexity index is 515. The number of azo groups is 1. The van der Waals surface area contributed by atoms with Crippen molar-refractivity contribution in [2.75, 3.05) is 6.61 Å². The highest BCUT2D eigenvalue weighted by Gasteiger charge is 1.93. The van der Waals surface area contributed by atoms with Gasteiger partial charge >= 0.3 is 0 Å². The van der Waals surface area contributed by atoms with Crippen molar-refractivity contribution >= 4 is 11.4 Å². The lowest BCUT2D eigenvalue weighted by Gasteiger charge is -2.01. The van der Waals surface area contributed by atoms with Gasteiger partial charge in [-0.25, -0.2) is 0 Å². The third-order valence-electron chi connectivity index (χ3n) is 2.46. The minimum atomic E-state index is 0.671. The molecule has 3 heteroatoms. The summed E-state index contributed by atoms with van der Waals surface area (Å²) in [4.78, 5) is 0. The summed E-state index contributed by atoms with van der Waals surface area (Å²) in [5.41, 5.74) is 2.89. The largest absolute Gasteiger partial charge is 0.494 e. The first-order valence-corrected chi connectivity index (χ1v) is 5.99. The van der Waals surface area contributed by atoms with E-state index in [9.17, 15) is 0 Å². The van der Waals surface area contributed by atoms with Crippen molar-refractivity contribution in [3.8, 4) is 5.75 Å². The van der Waals surface area contributed by atoms with Gasteiger partial charge in [-0.05, 0) is 50.2 Å². The van der Waals surface area contributed by atoms with Crippen molar-refractivity contribution < 1.29 is 4.74 Å². The first kappa shape index (κ1) is 12.3. The average molecular weight is 240 g/mol. The normalized spacial score (nSPS) is 10.8. The van der Waals surface area contributed by atoms with Crippen LogP contribution in [0.3, 0.4) is 0 Å². The van der Waals surface area contributed by atoms with Gasteiger partial charge in [0, 0.05) is 0 Å². The highest BCUT2D eigenvalue weighted by molar-refractivity contribution is 5.43. The first-order chi connectivity index (χ1) is 8.78. The average Bonchev–Trinajstić information content (AvgIpc) is 2.40. The summed E-state index contributed by atoms with van der Waals surface area (Å²) in [5.74, 6) is 0.854. The zero-order valence-electron chi connectivity index (χ0n) is 10.6. The van der Waals surface area contributed by atoms with Crippen LogP contribution in [0.4, 0.5) is 11.4 Å². The lowest BCUT2D eigenvalue weighted by molar-refractivity contribution is 0.340. The molecular weight excluding hydrogens is 224 g/mol. The van der Waals surface area contributed by atoms with Crippen LogP contribution in [0.1, 0.15) is 12.5 Å². The monoisotopic (exact) mass is 240 g/mol. The van der Waals surface area contributed by atoms with E-state index in [1.54, 1.807) is 0 Å². The van der Waals surface area contributed by atoms with Crippen molar-refractivity contribution in [2.24, 2.45) is 10.2 Å². The molecule has 0 aliphatic heterocycles. The van der Waals surface area contributed by atoms with Crippen LogP contribution in [0.5, 0.6) is 5.75 Å². The molecule has 0 spiro atoms. The van der Waals surface area contributed by atoms with E-state index in [0.29, 0.717) is 6.61 Å². The van der Waals surface area contributed by atoms with Crippen molar-refractivity contribution in [1.82, 2.24) is 0 Å². The van der Waals surface area contributed by atoms with Crippen LogP contribution in [-0.2, 0) is 0 Å². The van der Waals surface area contributed by atoms with E-state index in [4.69, 9.17) is 4.74 Å². The molecular formula is C15H16N2O. The molecule has 0 saturated heterocycles. The van der Waals surface area contributed by atoms with Crippen LogP contribution in [0.25, 0.3) is 0 Å². The predicted octanol–water partition coefficient (Wildman–Crippen LogP) is 4.81. The maximum Gasteiger partial charge on any atom is 0.119 e. The standard InChI is InChI=1S/C15H16N2O/c1-3-18-15-10-8-14(9-11-15)17-16-13-6-4-12(2)5-7-13/h4-11H,3H2,1-2H3/b17-16+. The minimum Gasteiger partial charge on any atom is -0.494 e. The van der Waals surface area contributed by atoms with Gasteiger partial charge in [0.05, 0.1) is 18.0 Å². The number of hydrogen-bond donors (Lipinski definition) is 0. The van der Waals surface area contributed by atoms with E-state index in [1.807, 2.05) is 62.4 Å². The molecule has 0 bridgehead atoms. The summed E-state index contributed by atoms with van der Waals surface area (Å²) in [7, 11) is 0. The number of benzene rings is 2. The van der Waals surface area contributed by atoms with E-state index in [1.165, 1.54) is 5.56 Å². The van der Waals surface area contributed by atoms with Crippen molar-refractivity contribution in [3.05, 3.63) is 54.1 Å². The lowest BCUT2D eigenvalue weighted by atomic mass is 10.2. The van der Waals surface area contributed by atoms with Crippen LogP contribution < -0.4 is 4.74 Å². The second-order valence-corrected chi connectivity index (χ2v) is 3.96. The highest BCUT2D eigenvalue weighted by atomic mass is 16.5. The summed E-state index contributed by atoms with van der Waals surface area (Å²) in [5, 5.41) is 8.35. The Morgan fingerprint density at radius 3 is 1.83 bits per heavy atom. The summed E-state index contributed by atoms with van der Waals surface area (Å²) >= 11 is 0. The van der Waals surface area contributed by atoms with Gasteiger partial charge in [-0.3, -0.25) is 0 Å². The Hall–Kier alpha value is -2.16. The van der Waals surface area contributed by atoms with Gasteiger partial charge in [-0.15, -0.1) is 0 Å². The van der Waals surface area contributed by atoms with Crippen molar-refractivity contribution in [1.29, 1.82) is 0 Å². The molecule has 0 atom stereocenters. The molecule has 2 aromatic carbocycles. The highest BCUT2D eigenvalue weighted by Crippen LogP contribution is 2.21. The van der Waals surface area contributed by atoms with Gasteiger partial charge in [-0.2, -0.15) is 10.2 Å². The summed E-state index contributed by atoms with van der Waals surface area (Å²) < 4.78 is 5.36. The van der Waals surface area contributed by atoms with E-state index in [2.05, 4.69) is 10.2 Å². The molecule has 2 rings (SSSR count). The van der Waals surface area contributed by atoms with E-state index in [-0.39, 0.29) is 0 Å². The second-order valence-electron chi connectivity index (χ2n) is 3.96. The molecule has 0 fully saturated rings. The van der Waals surface area contributed by atoms with Gasteiger partial charge in [0.2, 0.25) is 0 Å². The molecule has 0 aliphatic carbocycles. The molecule has 0 unspecified atom stereocenters. The number of rotatable bonds is 4. The Balaban J connectivity index is 2.06. The molecule has 92 valence electrons. The fourth-order valence-corrected chi connectivity index (χ4v) is 1.50. The SMILES string of the molecule is CCOc1ccc(/N=N/c2ccc(C)cc2)cc1. The van der Waals surface area contributed by atoms with Gasteiger partial charge in [0.15, 0.2) is 0 Å². The second kappa shape index (κ2) is 5.96. The molecule has 0 radical (unpaired) electrons. The van der Waals surface area contributed by atoms with Crippen LogP contribution in [0.15, 0.2) is 58.8 Å². The molecule has 0 aromatic heterocycles. The van der Waals surface area contributed by atoms with Gasteiger partial charge < -0.3 is 4.74 Å². The van der Waals surface area contributed by atoms with Gasteiger partial charge in [-0.1, -0.05) is 17.7 Å². The van der Waals surface area contributed by atoms with Crippen LogP contribution >= 0.6 is 0 Å². The van der Waals surface area contributed by atoms with E-state index in [0.717, 1.165) is 17.1 Å². The van der Waals surface area contributed by atoms with Crippen LogP contribution in [-0.4, -0.2) is 6.61 Å². The third-order valence-corrected chi connectivity index (χ3v) is 2.46. The summed E-state index contributed by atoms with van der Waals surface area (Å²) in [6, 6.07) is 15.5. The molecule has 0 N–H and O–H groups in total. The fourth-order valence-electron chi connectivity index (χ4n) is 1.50.